The smallest absolute Gasteiger partial charge is 0.230 e. The van der Waals surface area contributed by atoms with Crippen molar-refractivity contribution in [1.29, 1.82) is 0 Å². The summed E-state index contributed by atoms with van der Waals surface area (Å²) in [6.45, 7) is 4.76. The molecular weight excluding hydrogens is 362 g/mol. The second-order valence-corrected chi connectivity index (χ2v) is 8.33. The standard InChI is InChI=1S/C25H31NO3/c1-2-29-22-11-9-20(10-12-22)24(15-17-28-18-16-24)19-26-23(27)25(13-6-14-25)21-7-4-3-5-8-21/h3-5,7-12H,2,6,13-19H2,1H3,(H,26,27). The maximum absolute atomic E-state index is 13.3. The summed E-state index contributed by atoms with van der Waals surface area (Å²) in [5, 5.41) is 3.35. The summed E-state index contributed by atoms with van der Waals surface area (Å²) in [6, 6.07) is 18.6. The zero-order valence-electron chi connectivity index (χ0n) is 17.3. The molecule has 1 heterocycles. The zero-order valence-corrected chi connectivity index (χ0v) is 17.3. The minimum absolute atomic E-state index is 0.0831. The Balaban J connectivity index is 1.52. The first-order valence-electron chi connectivity index (χ1n) is 10.8. The van der Waals surface area contributed by atoms with E-state index in [2.05, 4.69) is 29.6 Å². The minimum atomic E-state index is -0.355. The molecule has 1 aliphatic heterocycles. The molecule has 4 rings (SSSR count). The third kappa shape index (κ3) is 3.91. The lowest BCUT2D eigenvalue weighted by Crippen LogP contribution is -2.53. The van der Waals surface area contributed by atoms with Crippen LogP contribution in [0, 0.1) is 0 Å². The molecule has 2 aromatic rings. The molecule has 1 amide bonds. The van der Waals surface area contributed by atoms with Gasteiger partial charge in [-0.3, -0.25) is 4.79 Å². The molecule has 0 radical (unpaired) electrons. The molecule has 1 aliphatic carbocycles. The highest BCUT2D eigenvalue weighted by Crippen LogP contribution is 2.44. The summed E-state index contributed by atoms with van der Waals surface area (Å²) in [5.74, 6) is 1.06. The summed E-state index contributed by atoms with van der Waals surface area (Å²) in [5.41, 5.74) is 1.96. The molecule has 4 nitrogen and oxygen atoms in total. The van der Waals surface area contributed by atoms with Gasteiger partial charge in [-0.1, -0.05) is 48.9 Å². The number of ether oxygens (including phenoxy) is 2. The van der Waals surface area contributed by atoms with Crippen molar-refractivity contribution in [2.75, 3.05) is 26.4 Å². The molecule has 29 heavy (non-hydrogen) atoms. The maximum atomic E-state index is 13.3. The molecule has 2 fully saturated rings. The van der Waals surface area contributed by atoms with E-state index in [9.17, 15) is 4.79 Å². The van der Waals surface area contributed by atoms with E-state index >= 15 is 0 Å². The number of hydrogen-bond donors (Lipinski definition) is 1. The van der Waals surface area contributed by atoms with E-state index in [-0.39, 0.29) is 16.7 Å². The predicted molar refractivity (Wildman–Crippen MR) is 114 cm³/mol. The van der Waals surface area contributed by atoms with Gasteiger partial charge in [-0.2, -0.15) is 0 Å². The van der Waals surface area contributed by atoms with Crippen molar-refractivity contribution < 1.29 is 14.3 Å². The van der Waals surface area contributed by atoms with Gasteiger partial charge in [0.2, 0.25) is 5.91 Å². The van der Waals surface area contributed by atoms with Gasteiger partial charge in [0.05, 0.1) is 12.0 Å². The first-order chi connectivity index (χ1) is 14.2. The Hall–Kier alpha value is -2.33. The monoisotopic (exact) mass is 393 g/mol. The summed E-state index contributed by atoms with van der Waals surface area (Å²) >= 11 is 0. The van der Waals surface area contributed by atoms with E-state index in [0.717, 1.165) is 56.6 Å². The Labute approximate surface area is 173 Å². The molecule has 2 aromatic carbocycles. The lowest BCUT2D eigenvalue weighted by atomic mass is 9.63. The van der Waals surface area contributed by atoms with Crippen LogP contribution in [0.1, 0.15) is 50.2 Å². The van der Waals surface area contributed by atoms with E-state index in [1.807, 2.05) is 37.3 Å². The maximum Gasteiger partial charge on any atom is 0.230 e. The summed E-state index contributed by atoms with van der Waals surface area (Å²) in [6.07, 6.45) is 4.81. The predicted octanol–water partition coefficient (Wildman–Crippen LogP) is 4.37. The molecule has 4 heteroatoms. The number of rotatable bonds is 7. The van der Waals surface area contributed by atoms with E-state index in [1.165, 1.54) is 5.56 Å². The van der Waals surface area contributed by atoms with Crippen molar-refractivity contribution in [3.8, 4) is 5.75 Å². The van der Waals surface area contributed by atoms with Crippen LogP contribution in [0.3, 0.4) is 0 Å². The van der Waals surface area contributed by atoms with Gasteiger partial charge in [-0.15, -0.1) is 0 Å². The second kappa shape index (κ2) is 8.58. The first kappa shape index (κ1) is 20.0. The minimum Gasteiger partial charge on any atom is -0.494 e. The molecule has 1 saturated carbocycles. The van der Waals surface area contributed by atoms with Crippen molar-refractivity contribution >= 4 is 5.91 Å². The second-order valence-electron chi connectivity index (χ2n) is 8.33. The molecule has 0 aromatic heterocycles. The van der Waals surface area contributed by atoms with Crippen LogP contribution in [-0.4, -0.2) is 32.3 Å². The largest absolute Gasteiger partial charge is 0.494 e. The summed E-state index contributed by atoms with van der Waals surface area (Å²) < 4.78 is 11.2. The molecule has 0 atom stereocenters. The molecule has 1 saturated heterocycles. The third-order valence-corrected chi connectivity index (χ3v) is 6.78. The number of carbonyl (C=O) groups excluding carboxylic acids is 1. The number of carbonyl (C=O) groups is 1. The lowest BCUT2D eigenvalue weighted by molar-refractivity contribution is -0.130. The zero-order chi connectivity index (χ0) is 20.2. The van der Waals surface area contributed by atoms with E-state index in [0.29, 0.717) is 13.2 Å². The summed E-state index contributed by atoms with van der Waals surface area (Å²) in [4.78, 5) is 13.3. The van der Waals surface area contributed by atoms with Gasteiger partial charge in [0.15, 0.2) is 0 Å². The van der Waals surface area contributed by atoms with Crippen molar-refractivity contribution in [2.45, 2.75) is 49.9 Å². The van der Waals surface area contributed by atoms with Crippen molar-refractivity contribution in [3.05, 3.63) is 65.7 Å². The molecule has 0 bridgehead atoms. The number of amides is 1. The molecular formula is C25H31NO3. The van der Waals surface area contributed by atoms with Crippen LogP contribution in [0.2, 0.25) is 0 Å². The fourth-order valence-corrected chi connectivity index (χ4v) is 4.75. The van der Waals surface area contributed by atoms with E-state index in [1.54, 1.807) is 0 Å². The average molecular weight is 394 g/mol. The first-order valence-corrected chi connectivity index (χ1v) is 10.8. The topological polar surface area (TPSA) is 47.6 Å². The SMILES string of the molecule is CCOc1ccc(C2(CNC(=O)C3(c4ccccc4)CCC3)CCOCC2)cc1. The van der Waals surface area contributed by atoms with Gasteiger partial charge in [-0.25, -0.2) is 0 Å². The quantitative estimate of drug-likeness (QED) is 0.760. The van der Waals surface area contributed by atoms with Crippen LogP contribution in [0.5, 0.6) is 5.75 Å². The Morgan fingerprint density at radius 2 is 1.66 bits per heavy atom. The van der Waals surface area contributed by atoms with Crippen LogP contribution >= 0.6 is 0 Å². The third-order valence-electron chi connectivity index (χ3n) is 6.78. The number of hydrogen-bond acceptors (Lipinski definition) is 3. The van der Waals surface area contributed by atoms with Gasteiger partial charge in [0.1, 0.15) is 5.75 Å². The molecule has 0 spiro atoms. The highest BCUT2D eigenvalue weighted by Gasteiger charge is 2.46. The Morgan fingerprint density at radius 3 is 2.24 bits per heavy atom. The fourth-order valence-electron chi connectivity index (χ4n) is 4.75. The average Bonchev–Trinajstić information content (AvgIpc) is 2.74. The van der Waals surface area contributed by atoms with Crippen molar-refractivity contribution in [1.82, 2.24) is 5.32 Å². The van der Waals surface area contributed by atoms with Crippen LogP contribution in [0.4, 0.5) is 0 Å². The van der Waals surface area contributed by atoms with Gasteiger partial charge < -0.3 is 14.8 Å². The lowest BCUT2D eigenvalue weighted by Gasteiger charge is -2.43. The molecule has 0 unspecified atom stereocenters. The van der Waals surface area contributed by atoms with Crippen LogP contribution in [-0.2, 0) is 20.4 Å². The Morgan fingerprint density at radius 1 is 0.966 bits per heavy atom. The number of benzene rings is 2. The Kier molecular flexibility index (Phi) is 5.91. The van der Waals surface area contributed by atoms with Crippen molar-refractivity contribution in [2.24, 2.45) is 0 Å². The van der Waals surface area contributed by atoms with Crippen molar-refractivity contribution in [3.63, 3.8) is 0 Å². The van der Waals surface area contributed by atoms with E-state index < -0.39 is 0 Å². The molecule has 2 aliphatic rings. The van der Waals surface area contributed by atoms with Gasteiger partial charge in [-0.05, 0) is 55.9 Å². The fraction of sp³-hybridized carbons (Fsp3) is 0.480. The van der Waals surface area contributed by atoms with E-state index in [4.69, 9.17) is 9.47 Å². The van der Waals surface area contributed by atoms with Crippen LogP contribution in [0.15, 0.2) is 54.6 Å². The highest BCUT2D eigenvalue weighted by atomic mass is 16.5. The normalized spacial score (nSPS) is 19.8. The van der Waals surface area contributed by atoms with Gasteiger partial charge in [0, 0.05) is 25.2 Å². The van der Waals surface area contributed by atoms with Crippen LogP contribution in [0.25, 0.3) is 0 Å². The highest BCUT2D eigenvalue weighted by molar-refractivity contribution is 5.89. The van der Waals surface area contributed by atoms with Gasteiger partial charge in [0.25, 0.3) is 0 Å². The number of nitrogens with one attached hydrogen (secondary N) is 1. The molecule has 154 valence electrons. The summed E-state index contributed by atoms with van der Waals surface area (Å²) in [7, 11) is 0. The Bertz CT molecular complexity index is 806. The van der Waals surface area contributed by atoms with Gasteiger partial charge >= 0.3 is 0 Å². The van der Waals surface area contributed by atoms with Crippen LogP contribution < -0.4 is 10.1 Å². The molecule has 1 N–H and O–H groups in total.